The molecule has 0 unspecified atom stereocenters. The molecular weight excluding hydrogens is 348 g/mol. The van der Waals surface area contributed by atoms with Crippen molar-refractivity contribution in [1.82, 2.24) is 10.3 Å². The minimum Gasteiger partial charge on any atom is -0.394 e. The summed E-state index contributed by atoms with van der Waals surface area (Å²) >= 11 is 6.14. The number of amides is 1. The number of benzene rings is 1. The van der Waals surface area contributed by atoms with Crippen LogP contribution in [0.15, 0.2) is 48.4 Å². The van der Waals surface area contributed by atoms with E-state index >= 15 is 0 Å². The predicted molar refractivity (Wildman–Crippen MR) is 105 cm³/mol. The summed E-state index contributed by atoms with van der Waals surface area (Å²) in [6, 6.07) is 7.33. The first-order valence-electron chi connectivity index (χ1n) is 8.33. The molecule has 6 heteroatoms. The van der Waals surface area contributed by atoms with Gasteiger partial charge in [-0.05, 0) is 54.8 Å². The molecule has 134 valence electrons. The maximum Gasteiger partial charge on any atom is 0.259 e. The Morgan fingerprint density at radius 1 is 1.35 bits per heavy atom. The van der Waals surface area contributed by atoms with E-state index in [0.717, 1.165) is 22.4 Å². The summed E-state index contributed by atoms with van der Waals surface area (Å²) < 4.78 is 0. The predicted octanol–water partition coefficient (Wildman–Crippen LogP) is 3.93. The molecule has 0 saturated heterocycles. The smallest absolute Gasteiger partial charge is 0.259 e. The highest BCUT2D eigenvalue weighted by Crippen LogP contribution is 2.42. The van der Waals surface area contributed by atoms with Gasteiger partial charge in [0.2, 0.25) is 0 Å². The van der Waals surface area contributed by atoms with Gasteiger partial charge >= 0.3 is 0 Å². The van der Waals surface area contributed by atoms with Crippen LogP contribution in [-0.4, -0.2) is 24.2 Å². The van der Waals surface area contributed by atoms with Crippen molar-refractivity contribution < 1.29 is 4.79 Å². The monoisotopic (exact) mass is 368 g/mol. The number of rotatable bonds is 5. The minimum atomic E-state index is -0.525. The maximum atomic E-state index is 13.0. The molecule has 1 amide bonds. The lowest BCUT2D eigenvalue weighted by molar-refractivity contribution is 0.0982. The van der Waals surface area contributed by atoms with Crippen LogP contribution in [0.4, 0.5) is 5.69 Å². The van der Waals surface area contributed by atoms with Gasteiger partial charge in [-0.25, -0.2) is 0 Å². The van der Waals surface area contributed by atoms with Crippen LogP contribution in [-0.2, 0) is 12.0 Å². The van der Waals surface area contributed by atoms with Crippen molar-refractivity contribution in [3.63, 3.8) is 0 Å². The highest BCUT2D eigenvalue weighted by Gasteiger charge is 2.44. The van der Waals surface area contributed by atoms with Gasteiger partial charge < -0.3 is 10.7 Å². The Hall–Kier alpha value is -2.66. The number of allylic oxidation sites excluding steroid dienone is 1. The van der Waals surface area contributed by atoms with Gasteiger partial charge in [-0.15, -0.1) is 0 Å². The molecule has 1 aliphatic rings. The van der Waals surface area contributed by atoms with E-state index in [9.17, 15) is 4.79 Å². The van der Waals surface area contributed by atoms with E-state index in [1.165, 1.54) is 6.21 Å². The number of aromatic nitrogens is 1. The first kappa shape index (κ1) is 18.1. The Kier molecular flexibility index (Phi) is 4.83. The summed E-state index contributed by atoms with van der Waals surface area (Å²) in [7, 11) is 1.80. The number of nitrogens with zero attached hydrogens (tertiary/aromatic N) is 2. The molecule has 3 rings (SSSR count). The molecule has 5 nitrogen and oxygen atoms in total. The molecule has 0 spiro atoms. The number of carbonyl (C=O) groups is 1. The van der Waals surface area contributed by atoms with Crippen molar-refractivity contribution in [2.45, 2.75) is 25.8 Å². The summed E-state index contributed by atoms with van der Waals surface area (Å²) in [5, 5.41) is 11.1. The molecule has 0 bridgehead atoms. The van der Waals surface area contributed by atoms with Gasteiger partial charge in [0.05, 0.1) is 17.4 Å². The Morgan fingerprint density at radius 2 is 2.12 bits per heavy atom. The Bertz CT molecular complexity index is 904. The van der Waals surface area contributed by atoms with E-state index in [4.69, 9.17) is 17.0 Å². The molecule has 0 atom stereocenters. The lowest BCUT2D eigenvalue weighted by Crippen LogP contribution is -2.39. The van der Waals surface area contributed by atoms with Crippen LogP contribution in [0.3, 0.4) is 0 Å². The van der Waals surface area contributed by atoms with Crippen molar-refractivity contribution >= 4 is 29.4 Å². The second kappa shape index (κ2) is 6.92. The normalized spacial score (nSPS) is 15.8. The lowest BCUT2D eigenvalue weighted by Gasteiger charge is -2.32. The third-order valence-corrected chi connectivity index (χ3v) is 4.83. The standard InChI is InChI=1S/C20H21ClN4O/c1-20(2)18-8-15(21)4-5-17(18)19(26)25(20)16-7-13(11-24-12-16)6-14(9-22)10-23-3/h4-5,7-12,22-23H,6H2,1-3H3/b14-10-,22-9?. The third kappa shape index (κ3) is 3.10. The highest BCUT2D eigenvalue weighted by molar-refractivity contribution is 6.31. The van der Waals surface area contributed by atoms with Gasteiger partial charge in [-0.3, -0.25) is 14.7 Å². The largest absolute Gasteiger partial charge is 0.394 e. The van der Waals surface area contributed by atoms with E-state index in [-0.39, 0.29) is 5.91 Å². The van der Waals surface area contributed by atoms with Gasteiger partial charge in [0.15, 0.2) is 0 Å². The molecule has 2 aromatic rings. The van der Waals surface area contributed by atoms with Crippen molar-refractivity contribution in [2.75, 3.05) is 11.9 Å². The number of nitrogens with one attached hydrogen (secondary N) is 2. The van der Waals surface area contributed by atoms with Crippen molar-refractivity contribution in [1.29, 1.82) is 5.41 Å². The molecule has 1 aliphatic heterocycles. The average Bonchev–Trinajstić information content (AvgIpc) is 2.80. The summed E-state index contributed by atoms with van der Waals surface area (Å²) in [6.45, 7) is 4.01. The number of hydrogen-bond acceptors (Lipinski definition) is 4. The van der Waals surface area contributed by atoms with Crippen molar-refractivity contribution in [3.05, 3.63) is 70.1 Å². The molecular formula is C20H21ClN4O. The third-order valence-electron chi connectivity index (χ3n) is 4.60. The zero-order valence-corrected chi connectivity index (χ0v) is 15.8. The zero-order chi connectivity index (χ0) is 18.9. The fraction of sp³-hybridized carbons (Fsp3) is 0.250. The van der Waals surface area contributed by atoms with E-state index in [2.05, 4.69) is 10.3 Å². The molecule has 0 fully saturated rings. The van der Waals surface area contributed by atoms with Crippen LogP contribution in [0, 0.1) is 5.41 Å². The average molecular weight is 369 g/mol. The number of halogens is 1. The van der Waals surface area contributed by atoms with Crippen LogP contribution in [0.25, 0.3) is 0 Å². The number of carbonyl (C=O) groups excluding carboxylic acids is 1. The van der Waals surface area contributed by atoms with Crippen molar-refractivity contribution in [2.24, 2.45) is 0 Å². The summed E-state index contributed by atoms with van der Waals surface area (Å²) in [4.78, 5) is 19.1. The summed E-state index contributed by atoms with van der Waals surface area (Å²) in [5.74, 6) is -0.0568. The maximum absolute atomic E-state index is 13.0. The first-order valence-corrected chi connectivity index (χ1v) is 8.71. The zero-order valence-electron chi connectivity index (χ0n) is 15.0. The first-order chi connectivity index (χ1) is 12.4. The van der Waals surface area contributed by atoms with Crippen LogP contribution < -0.4 is 10.2 Å². The summed E-state index contributed by atoms with van der Waals surface area (Å²) in [5.41, 5.74) is 3.55. The lowest BCUT2D eigenvalue weighted by atomic mass is 9.93. The van der Waals surface area contributed by atoms with Crippen LogP contribution >= 0.6 is 11.6 Å². The van der Waals surface area contributed by atoms with Gasteiger partial charge in [0.1, 0.15) is 0 Å². The van der Waals surface area contributed by atoms with Crippen LogP contribution in [0.1, 0.15) is 35.3 Å². The fourth-order valence-corrected chi connectivity index (χ4v) is 3.57. The molecule has 0 aliphatic carbocycles. The molecule has 0 saturated carbocycles. The van der Waals surface area contributed by atoms with E-state index < -0.39 is 5.54 Å². The molecule has 2 heterocycles. The second-order valence-corrected chi connectivity index (χ2v) is 7.21. The van der Waals surface area contributed by atoms with Crippen molar-refractivity contribution in [3.8, 4) is 0 Å². The molecule has 0 radical (unpaired) electrons. The van der Waals surface area contributed by atoms with Gasteiger partial charge in [0.25, 0.3) is 5.91 Å². The Labute approximate surface area is 158 Å². The van der Waals surface area contributed by atoms with E-state index in [0.29, 0.717) is 17.0 Å². The molecule has 1 aromatic carbocycles. The fourth-order valence-electron chi connectivity index (χ4n) is 3.40. The van der Waals surface area contributed by atoms with Gasteiger partial charge in [0, 0.05) is 42.7 Å². The number of anilines is 1. The van der Waals surface area contributed by atoms with Crippen LogP contribution in [0.5, 0.6) is 0 Å². The number of hydrogen-bond donors (Lipinski definition) is 2. The van der Waals surface area contributed by atoms with Gasteiger partial charge in [-0.2, -0.15) is 0 Å². The van der Waals surface area contributed by atoms with Gasteiger partial charge in [-0.1, -0.05) is 11.6 Å². The molecule has 26 heavy (non-hydrogen) atoms. The van der Waals surface area contributed by atoms with E-state index in [1.54, 1.807) is 42.7 Å². The number of pyridine rings is 1. The SMILES string of the molecule is CN/C=C(\C=N)Cc1cncc(N2C(=O)c3ccc(Cl)cc3C2(C)C)c1. The second-order valence-electron chi connectivity index (χ2n) is 6.77. The quantitative estimate of drug-likeness (QED) is 0.786. The minimum absolute atomic E-state index is 0.0568. The number of fused-ring (bicyclic) bond motifs is 1. The Balaban J connectivity index is 2.00. The highest BCUT2D eigenvalue weighted by atomic mass is 35.5. The molecule has 1 aromatic heterocycles. The van der Waals surface area contributed by atoms with E-state index in [1.807, 2.05) is 26.0 Å². The van der Waals surface area contributed by atoms with Crippen LogP contribution in [0.2, 0.25) is 5.02 Å². The Morgan fingerprint density at radius 3 is 2.81 bits per heavy atom. The topological polar surface area (TPSA) is 69.1 Å². The summed E-state index contributed by atoms with van der Waals surface area (Å²) in [6.07, 6.45) is 7.11. The molecule has 2 N–H and O–H groups in total.